The monoisotopic (exact) mass is 1090 g/mol. The molecule has 1 atom stereocenters. The fourth-order valence-electron chi connectivity index (χ4n) is 9.61. The van der Waals surface area contributed by atoms with Crippen LogP contribution in [-0.2, 0) is 58.8 Å². The van der Waals surface area contributed by atoms with Crippen molar-refractivity contribution in [2.45, 2.75) is 272 Å². The van der Waals surface area contributed by atoms with E-state index in [2.05, 4.69) is 39.8 Å². The van der Waals surface area contributed by atoms with Crippen LogP contribution in [0, 0.1) is 11.8 Å². The van der Waals surface area contributed by atoms with Gasteiger partial charge in [-0.3, -0.25) is 9.59 Å². The van der Waals surface area contributed by atoms with E-state index >= 15 is 0 Å². The van der Waals surface area contributed by atoms with Gasteiger partial charge in [0.15, 0.2) is 0 Å². The minimum absolute atomic E-state index is 0.0250. The van der Waals surface area contributed by atoms with Gasteiger partial charge in [-0.15, -0.1) is 0 Å². The zero-order valence-corrected chi connectivity index (χ0v) is 50.7. The molecular formula is C66H122O11. The number of esters is 2. The molecule has 0 bridgehead atoms. The molecule has 1 unspecified atom stereocenters. The Kier molecular flexibility index (Phi) is 56.8. The standard InChI is InChI=1S/C66H122O11/c1-5-9-13-17-21-32-42-62(43-33-22-18-14-10-6-2)65(67)76-48-38-26-25-36-46-72-59-64(60-74-57-55-71-53-51-69-50-52-70-54-56-73-58-61-40-30-29-31-41-61)75-47-37-27-28-39-49-77-66(68)63(44-34-23-19-15-11-7-3)45-35-24-20-16-12-8-4/h29-31,40-41,62-64H,5-28,32-39,42-60H2,1-4H3. The van der Waals surface area contributed by atoms with E-state index in [1.165, 1.54) is 128 Å². The maximum absolute atomic E-state index is 13.2. The largest absolute Gasteiger partial charge is 0.465 e. The van der Waals surface area contributed by atoms with Crippen molar-refractivity contribution in [3.8, 4) is 0 Å². The maximum Gasteiger partial charge on any atom is 0.308 e. The van der Waals surface area contributed by atoms with Gasteiger partial charge in [-0.05, 0) is 69.8 Å². The summed E-state index contributed by atoms with van der Waals surface area (Å²) in [7, 11) is 0. The van der Waals surface area contributed by atoms with Crippen LogP contribution in [0.1, 0.15) is 264 Å². The topological polar surface area (TPSA) is 117 Å². The Bertz CT molecular complexity index is 1300. The fourth-order valence-corrected chi connectivity index (χ4v) is 9.61. The number of benzene rings is 1. The van der Waals surface area contributed by atoms with Crippen LogP contribution in [0.25, 0.3) is 0 Å². The van der Waals surface area contributed by atoms with Crippen molar-refractivity contribution < 1.29 is 52.2 Å². The Morgan fingerprint density at radius 1 is 0.325 bits per heavy atom. The molecule has 11 nitrogen and oxygen atoms in total. The molecule has 11 heteroatoms. The van der Waals surface area contributed by atoms with Crippen molar-refractivity contribution in [2.75, 3.05) is 92.5 Å². The van der Waals surface area contributed by atoms with Gasteiger partial charge in [0, 0.05) is 13.2 Å². The molecular weight excluding hydrogens is 969 g/mol. The van der Waals surface area contributed by atoms with Crippen LogP contribution in [0.5, 0.6) is 0 Å². The van der Waals surface area contributed by atoms with E-state index in [4.69, 9.17) is 42.6 Å². The molecule has 0 aliphatic rings. The van der Waals surface area contributed by atoms with Gasteiger partial charge in [0.1, 0.15) is 6.10 Å². The molecule has 1 rings (SSSR count). The minimum atomic E-state index is -0.168. The van der Waals surface area contributed by atoms with Crippen molar-refractivity contribution in [1.29, 1.82) is 0 Å². The molecule has 0 N–H and O–H groups in total. The van der Waals surface area contributed by atoms with Gasteiger partial charge >= 0.3 is 11.9 Å². The SMILES string of the molecule is CCCCCCCCC(CCCCCCCC)C(=O)OCCCCCCOCC(COCCOCCOCCOCCOCc1ccccc1)OCCCCCCOC(=O)C(CCCCCCCC)CCCCCCCC. The Hall–Kier alpha value is -2.12. The summed E-state index contributed by atoms with van der Waals surface area (Å²) in [5, 5.41) is 0. The minimum Gasteiger partial charge on any atom is -0.465 e. The molecule has 1 aromatic rings. The average Bonchev–Trinajstić information content (AvgIpc) is 3.44. The molecule has 1 aromatic carbocycles. The second-order valence-corrected chi connectivity index (χ2v) is 21.8. The number of carbonyl (C=O) groups is 2. The first-order chi connectivity index (χ1) is 38.0. The van der Waals surface area contributed by atoms with Crippen molar-refractivity contribution in [3.05, 3.63) is 35.9 Å². The van der Waals surface area contributed by atoms with Gasteiger partial charge in [0.2, 0.25) is 0 Å². The zero-order chi connectivity index (χ0) is 55.4. The summed E-state index contributed by atoms with van der Waals surface area (Å²) < 4.78 is 52.9. The number of hydrogen-bond acceptors (Lipinski definition) is 11. The molecule has 0 saturated heterocycles. The van der Waals surface area contributed by atoms with E-state index in [1.807, 2.05) is 18.2 Å². The summed E-state index contributed by atoms with van der Waals surface area (Å²) in [6.07, 6.45) is 41.4. The first kappa shape index (κ1) is 72.9. The Morgan fingerprint density at radius 2 is 0.636 bits per heavy atom. The molecule has 0 aliphatic carbocycles. The highest BCUT2D eigenvalue weighted by Crippen LogP contribution is 2.23. The molecule has 452 valence electrons. The summed E-state index contributed by atoms with van der Waals surface area (Å²) in [6.45, 7) is 16.9. The van der Waals surface area contributed by atoms with Crippen molar-refractivity contribution >= 4 is 11.9 Å². The fraction of sp³-hybridized carbons (Fsp3) is 0.879. The third kappa shape index (κ3) is 50.6. The highest BCUT2D eigenvalue weighted by molar-refractivity contribution is 5.72. The van der Waals surface area contributed by atoms with Gasteiger partial charge in [0.05, 0.1) is 97.7 Å². The summed E-state index contributed by atoms with van der Waals surface area (Å²) in [6, 6.07) is 10.1. The first-order valence-electron chi connectivity index (χ1n) is 32.5. The van der Waals surface area contributed by atoms with Crippen LogP contribution in [0.15, 0.2) is 30.3 Å². The van der Waals surface area contributed by atoms with Crippen molar-refractivity contribution in [1.82, 2.24) is 0 Å². The molecule has 0 spiro atoms. The van der Waals surface area contributed by atoms with Gasteiger partial charge < -0.3 is 42.6 Å². The first-order valence-corrected chi connectivity index (χ1v) is 32.5. The molecule has 0 aliphatic heterocycles. The lowest BCUT2D eigenvalue weighted by molar-refractivity contribution is -0.150. The number of carbonyl (C=O) groups excluding carboxylic acids is 2. The third-order valence-corrected chi connectivity index (χ3v) is 14.6. The van der Waals surface area contributed by atoms with Gasteiger partial charge in [-0.2, -0.15) is 0 Å². The Morgan fingerprint density at radius 3 is 1.04 bits per heavy atom. The average molecular weight is 1090 g/mol. The molecule has 0 radical (unpaired) electrons. The predicted molar refractivity (Wildman–Crippen MR) is 318 cm³/mol. The lowest BCUT2D eigenvalue weighted by atomic mass is 9.94. The van der Waals surface area contributed by atoms with Gasteiger partial charge in [-0.1, -0.05) is 225 Å². The van der Waals surface area contributed by atoms with Crippen molar-refractivity contribution in [2.24, 2.45) is 11.8 Å². The van der Waals surface area contributed by atoms with Gasteiger partial charge in [0.25, 0.3) is 0 Å². The molecule has 0 saturated carbocycles. The van der Waals surface area contributed by atoms with E-state index in [9.17, 15) is 9.59 Å². The van der Waals surface area contributed by atoms with E-state index in [1.54, 1.807) is 0 Å². The predicted octanol–water partition coefficient (Wildman–Crippen LogP) is 17.1. The summed E-state index contributed by atoms with van der Waals surface area (Å²) in [5.41, 5.74) is 1.16. The maximum atomic E-state index is 13.2. The summed E-state index contributed by atoms with van der Waals surface area (Å²) in [5.74, 6) is 0.158. The Labute approximate surface area is 474 Å². The number of rotatable bonds is 63. The van der Waals surface area contributed by atoms with Crippen LogP contribution in [-0.4, -0.2) is 111 Å². The van der Waals surface area contributed by atoms with Crippen molar-refractivity contribution in [3.63, 3.8) is 0 Å². The zero-order valence-electron chi connectivity index (χ0n) is 50.7. The van der Waals surface area contributed by atoms with Crippen LogP contribution in [0.4, 0.5) is 0 Å². The summed E-state index contributed by atoms with van der Waals surface area (Å²) in [4.78, 5) is 26.4. The molecule has 0 fully saturated rings. The van der Waals surface area contributed by atoms with Crippen LogP contribution in [0.3, 0.4) is 0 Å². The highest BCUT2D eigenvalue weighted by Gasteiger charge is 2.21. The van der Waals surface area contributed by atoms with Crippen LogP contribution < -0.4 is 0 Å². The lowest BCUT2D eigenvalue weighted by Crippen LogP contribution is -2.27. The van der Waals surface area contributed by atoms with Crippen LogP contribution >= 0.6 is 0 Å². The Balaban J connectivity index is 2.43. The van der Waals surface area contributed by atoms with Gasteiger partial charge in [-0.25, -0.2) is 0 Å². The molecule has 0 amide bonds. The molecule has 0 heterocycles. The quantitative estimate of drug-likeness (QED) is 0.0458. The lowest BCUT2D eigenvalue weighted by Gasteiger charge is -2.19. The second-order valence-electron chi connectivity index (χ2n) is 21.8. The van der Waals surface area contributed by atoms with E-state index in [0.29, 0.717) is 99.1 Å². The highest BCUT2D eigenvalue weighted by atomic mass is 16.6. The molecule has 0 aromatic heterocycles. The van der Waals surface area contributed by atoms with E-state index in [-0.39, 0.29) is 29.9 Å². The third-order valence-electron chi connectivity index (χ3n) is 14.6. The van der Waals surface area contributed by atoms with Crippen LogP contribution in [0.2, 0.25) is 0 Å². The second kappa shape index (κ2) is 60.0. The molecule has 77 heavy (non-hydrogen) atoms. The number of ether oxygens (including phenoxy) is 9. The number of hydrogen-bond donors (Lipinski definition) is 0. The smallest absolute Gasteiger partial charge is 0.308 e. The normalized spacial score (nSPS) is 12.1. The van der Waals surface area contributed by atoms with E-state index in [0.717, 1.165) is 108 Å². The van der Waals surface area contributed by atoms with E-state index < -0.39 is 0 Å². The summed E-state index contributed by atoms with van der Waals surface area (Å²) >= 11 is 0. The number of unbranched alkanes of at least 4 members (excludes halogenated alkanes) is 26.